The van der Waals surface area contributed by atoms with E-state index in [2.05, 4.69) is 15.3 Å². The number of rotatable bonds is 5. The predicted molar refractivity (Wildman–Crippen MR) is 74.5 cm³/mol. The number of aromatic carboxylic acids is 1. The molecular formula is C13H9Cl2N3Na2O3. The van der Waals surface area contributed by atoms with Crippen LogP contribution in [0, 0.1) is 0 Å². The predicted octanol–water partition coefficient (Wildman–Crippen LogP) is -5.12. The van der Waals surface area contributed by atoms with Crippen molar-refractivity contribution in [2.24, 2.45) is 0 Å². The zero-order valence-electron chi connectivity index (χ0n) is 12.6. The van der Waals surface area contributed by atoms with Gasteiger partial charge in [0.25, 0.3) is 0 Å². The normalized spacial score (nSPS) is 9.48. The number of nitrogens with zero attached hydrogens (tertiary/aromatic N) is 2. The van der Waals surface area contributed by atoms with E-state index >= 15 is 0 Å². The van der Waals surface area contributed by atoms with Crippen LogP contribution in [0.3, 0.4) is 0 Å². The maximum Gasteiger partial charge on any atom is 1.00 e. The summed E-state index contributed by atoms with van der Waals surface area (Å²) in [6.07, 6.45) is 1.53. The van der Waals surface area contributed by atoms with Crippen molar-refractivity contribution in [2.75, 3.05) is 11.9 Å². The molecule has 110 valence electrons. The molecule has 0 spiro atoms. The Bertz CT molecular complexity index is 690. The summed E-state index contributed by atoms with van der Waals surface area (Å²) in [6, 6.07) is 5.26. The first kappa shape index (κ1) is 22.9. The number of carbonyl (C=O) groups is 1. The van der Waals surface area contributed by atoms with E-state index in [9.17, 15) is 15.0 Å². The second-order valence-electron chi connectivity index (χ2n) is 4.13. The second-order valence-corrected chi connectivity index (χ2v) is 4.94. The summed E-state index contributed by atoms with van der Waals surface area (Å²) in [7, 11) is 0. The van der Waals surface area contributed by atoms with Crippen molar-refractivity contribution in [3.8, 4) is 5.88 Å². The van der Waals surface area contributed by atoms with Gasteiger partial charge in [-0.2, -0.15) is 0 Å². The van der Waals surface area contributed by atoms with Crippen molar-refractivity contribution in [1.82, 2.24) is 9.97 Å². The topological polar surface area (TPSA) is 101 Å². The molecule has 0 saturated carbocycles. The van der Waals surface area contributed by atoms with Crippen LogP contribution in [-0.2, 0) is 6.42 Å². The summed E-state index contributed by atoms with van der Waals surface area (Å²) in [5.74, 6) is -2.42. The average molecular weight is 372 g/mol. The Labute approximate surface area is 187 Å². The van der Waals surface area contributed by atoms with E-state index in [0.717, 1.165) is 11.8 Å². The maximum atomic E-state index is 11.4. The molecule has 10 heteroatoms. The molecular weight excluding hydrogens is 363 g/mol. The number of carboxylic acids is 1. The Morgan fingerprint density at radius 1 is 1.22 bits per heavy atom. The molecule has 2 aromatic rings. The van der Waals surface area contributed by atoms with Crippen molar-refractivity contribution in [1.29, 1.82) is 0 Å². The van der Waals surface area contributed by atoms with Gasteiger partial charge in [-0.05, 0) is 24.1 Å². The van der Waals surface area contributed by atoms with Gasteiger partial charge in [0.15, 0.2) is 0 Å². The van der Waals surface area contributed by atoms with E-state index < -0.39 is 17.4 Å². The molecule has 0 aliphatic rings. The van der Waals surface area contributed by atoms with Crippen LogP contribution < -0.4 is 74.6 Å². The van der Waals surface area contributed by atoms with Gasteiger partial charge in [0.05, 0.1) is 16.0 Å². The number of hydrogen-bond donors (Lipinski definition) is 1. The molecule has 2 rings (SSSR count). The Morgan fingerprint density at radius 3 is 2.48 bits per heavy atom. The fourth-order valence-electron chi connectivity index (χ4n) is 1.61. The Balaban J connectivity index is 0.00000242. The molecule has 0 aliphatic heterocycles. The minimum atomic E-state index is -1.60. The molecule has 6 nitrogen and oxygen atoms in total. The van der Waals surface area contributed by atoms with Crippen molar-refractivity contribution in [3.63, 3.8) is 0 Å². The van der Waals surface area contributed by atoms with Gasteiger partial charge in [-0.15, -0.1) is 0 Å². The molecule has 0 unspecified atom stereocenters. The number of halogens is 2. The molecule has 0 radical (unpaired) electrons. The summed E-state index contributed by atoms with van der Waals surface area (Å²) >= 11 is 11.7. The molecule has 0 saturated heterocycles. The van der Waals surface area contributed by atoms with Gasteiger partial charge in [-0.3, -0.25) is 0 Å². The SMILES string of the molecule is O=C([O-])c1cnc(NCCc2ccc(Cl)c(Cl)c2)nc1[O-].[Na+].[Na+]. The smallest absolute Gasteiger partial charge is 0.858 e. The van der Waals surface area contributed by atoms with E-state index in [1.54, 1.807) is 12.1 Å². The average Bonchev–Trinajstić information content (AvgIpc) is 2.42. The third kappa shape index (κ3) is 6.76. The van der Waals surface area contributed by atoms with E-state index in [-0.39, 0.29) is 65.1 Å². The molecule has 0 atom stereocenters. The maximum absolute atomic E-state index is 11.4. The molecule has 1 N–H and O–H groups in total. The molecule has 0 aliphatic carbocycles. The quantitative estimate of drug-likeness (QED) is 0.527. The van der Waals surface area contributed by atoms with Crippen LogP contribution in [0.4, 0.5) is 5.95 Å². The van der Waals surface area contributed by atoms with Gasteiger partial charge in [0, 0.05) is 24.2 Å². The van der Waals surface area contributed by atoms with Crippen LogP contribution in [0.15, 0.2) is 24.4 Å². The minimum Gasteiger partial charge on any atom is -0.858 e. The Kier molecular flexibility index (Phi) is 10.7. The molecule has 1 aromatic carbocycles. The van der Waals surface area contributed by atoms with E-state index in [0.29, 0.717) is 23.0 Å². The summed E-state index contributed by atoms with van der Waals surface area (Å²) in [5, 5.41) is 25.7. The molecule has 0 fully saturated rings. The molecule has 0 amide bonds. The summed E-state index contributed by atoms with van der Waals surface area (Å²) in [5.41, 5.74) is 0.385. The van der Waals surface area contributed by atoms with E-state index in [4.69, 9.17) is 23.2 Å². The fourth-order valence-corrected chi connectivity index (χ4v) is 1.93. The zero-order valence-corrected chi connectivity index (χ0v) is 18.1. The number of anilines is 1. The first-order valence-electron chi connectivity index (χ1n) is 5.90. The number of carbonyl (C=O) groups excluding carboxylic acids is 1. The van der Waals surface area contributed by atoms with Crippen LogP contribution in [0.1, 0.15) is 15.9 Å². The van der Waals surface area contributed by atoms with Crippen molar-refractivity contribution in [2.45, 2.75) is 6.42 Å². The monoisotopic (exact) mass is 371 g/mol. The Morgan fingerprint density at radius 2 is 1.91 bits per heavy atom. The van der Waals surface area contributed by atoms with Gasteiger partial charge in [-0.25, -0.2) is 9.97 Å². The molecule has 23 heavy (non-hydrogen) atoms. The van der Waals surface area contributed by atoms with Crippen molar-refractivity contribution in [3.05, 3.63) is 45.6 Å². The summed E-state index contributed by atoms with van der Waals surface area (Å²) < 4.78 is 0. The standard InChI is InChI=1S/C13H11Cl2N3O3.2Na/c14-9-2-1-7(5-10(9)15)3-4-16-13-17-6-8(12(20)21)11(19)18-13;;/h1-2,5-6H,3-4H2,(H,20,21)(H2,16,17,18,19);;/q;2*+1/p-2. The molecule has 1 aromatic heterocycles. The van der Waals surface area contributed by atoms with Gasteiger partial charge >= 0.3 is 59.1 Å². The first-order chi connectivity index (χ1) is 9.97. The largest absolute Gasteiger partial charge is 1.00 e. The van der Waals surface area contributed by atoms with E-state index in [1.165, 1.54) is 0 Å². The molecule has 1 heterocycles. The van der Waals surface area contributed by atoms with Gasteiger partial charge in [-0.1, -0.05) is 29.3 Å². The number of nitrogens with one attached hydrogen (secondary N) is 1. The van der Waals surface area contributed by atoms with Crippen LogP contribution in [0.5, 0.6) is 5.88 Å². The first-order valence-corrected chi connectivity index (χ1v) is 6.66. The van der Waals surface area contributed by atoms with Crippen LogP contribution in [0.25, 0.3) is 0 Å². The second kappa shape index (κ2) is 10.7. The van der Waals surface area contributed by atoms with Gasteiger partial charge in [0.2, 0.25) is 5.95 Å². The van der Waals surface area contributed by atoms with Crippen LogP contribution in [-0.4, -0.2) is 22.5 Å². The van der Waals surface area contributed by atoms with Crippen molar-refractivity contribution >= 4 is 35.1 Å². The third-order valence-electron chi connectivity index (χ3n) is 2.65. The molecule has 0 bridgehead atoms. The van der Waals surface area contributed by atoms with Crippen LogP contribution >= 0.6 is 23.2 Å². The number of aromatic nitrogens is 2. The number of benzene rings is 1. The van der Waals surface area contributed by atoms with Crippen molar-refractivity contribution < 1.29 is 74.1 Å². The Hall–Kier alpha value is -0.0500. The zero-order chi connectivity index (χ0) is 15.4. The van der Waals surface area contributed by atoms with Gasteiger partial charge in [0.1, 0.15) is 0 Å². The summed E-state index contributed by atoms with van der Waals surface area (Å²) in [4.78, 5) is 17.8. The van der Waals surface area contributed by atoms with Crippen LogP contribution in [0.2, 0.25) is 10.0 Å². The third-order valence-corrected chi connectivity index (χ3v) is 3.39. The summed E-state index contributed by atoms with van der Waals surface area (Å²) in [6.45, 7) is 0.446. The minimum absolute atomic E-state index is 0. The number of hydrogen-bond acceptors (Lipinski definition) is 6. The van der Waals surface area contributed by atoms with Gasteiger partial charge < -0.3 is 20.3 Å². The van der Waals surface area contributed by atoms with E-state index in [1.807, 2.05) is 6.07 Å². The fraction of sp³-hybridized carbons (Fsp3) is 0.154. The number of carboxylic acid groups (broad SMARTS) is 1.